The molecule has 114 valence electrons. The average Bonchev–Trinajstić information content (AvgIpc) is 2.89. The number of hydrogen-bond acceptors (Lipinski definition) is 2. The Labute approximate surface area is 138 Å². The fourth-order valence-corrected chi connectivity index (χ4v) is 2.37. The van der Waals surface area contributed by atoms with Gasteiger partial charge in [-0.25, -0.2) is 0 Å². The minimum Gasteiger partial charge on any atom is -0.370 e. The molecule has 2 rings (SSSR count). The molecule has 0 aliphatic carbocycles. The zero-order valence-corrected chi connectivity index (χ0v) is 14.7. The van der Waals surface area contributed by atoms with Crippen molar-refractivity contribution in [2.45, 2.75) is 33.2 Å². The van der Waals surface area contributed by atoms with Gasteiger partial charge in [-0.05, 0) is 30.7 Å². The van der Waals surface area contributed by atoms with Gasteiger partial charge in [-0.3, -0.25) is 9.67 Å². The standard InChI is InChI=1S/C14H25N5.HI/c1-12-4-8-18(9-5-12)14(15)16-10-13(2)11-19-7-3-6-17-19;/h3,6-7,12-13H,4-5,8-11H2,1-2H3,(H2,15,16);1H. The van der Waals surface area contributed by atoms with E-state index in [1.807, 2.05) is 16.9 Å². The summed E-state index contributed by atoms with van der Waals surface area (Å²) in [6.07, 6.45) is 6.23. The summed E-state index contributed by atoms with van der Waals surface area (Å²) >= 11 is 0. The summed E-state index contributed by atoms with van der Waals surface area (Å²) in [7, 11) is 0. The zero-order chi connectivity index (χ0) is 13.7. The molecule has 0 radical (unpaired) electrons. The van der Waals surface area contributed by atoms with Crippen LogP contribution in [0.3, 0.4) is 0 Å². The first-order chi connectivity index (χ1) is 9.15. The summed E-state index contributed by atoms with van der Waals surface area (Å²) in [5, 5.41) is 4.21. The second-order valence-electron chi connectivity index (χ2n) is 5.70. The number of likely N-dealkylation sites (tertiary alicyclic amines) is 1. The lowest BCUT2D eigenvalue weighted by Crippen LogP contribution is -2.42. The van der Waals surface area contributed by atoms with Crippen LogP contribution in [0.15, 0.2) is 23.5 Å². The van der Waals surface area contributed by atoms with E-state index in [0.717, 1.165) is 32.1 Å². The minimum absolute atomic E-state index is 0. The Morgan fingerprint density at radius 3 is 2.75 bits per heavy atom. The summed E-state index contributed by atoms with van der Waals surface area (Å²) in [4.78, 5) is 6.74. The van der Waals surface area contributed by atoms with E-state index in [4.69, 9.17) is 5.73 Å². The van der Waals surface area contributed by atoms with Gasteiger partial charge in [0.2, 0.25) is 0 Å². The molecule has 0 spiro atoms. The van der Waals surface area contributed by atoms with Gasteiger partial charge in [-0.1, -0.05) is 13.8 Å². The Hall–Kier alpha value is -0.790. The number of aromatic nitrogens is 2. The molecule has 0 bridgehead atoms. The van der Waals surface area contributed by atoms with Crippen LogP contribution in [0.1, 0.15) is 26.7 Å². The van der Waals surface area contributed by atoms with E-state index in [1.54, 1.807) is 6.20 Å². The maximum Gasteiger partial charge on any atom is 0.191 e. The monoisotopic (exact) mass is 391 g/mol. The fraction of sp³-hybridized carbons (Fsp3) is 0.714. The lowest BCUT2D eigenvalue weighted by molar-refractivity contribution is 0.277. The first kappa shape index (κ1) is 17.3. The molecule has 5 nitrogen and oxygen atoms in total. The Morgan fingerprint density at radius 1 is 1.45 bits per heavy atom. The van der Waals surface area contributed by atoms with Crippen molar-refractivity contribution in [3.8, 4) is 0 Å². The van der Waals surface area contributed by atoms with E-state index in [2.05, 4.69) is 28.8 Å². The van der Waals surface area contributed by atoms with Crippen molar-refractivity contribution in [2.75, 3.05) is 19.6 Å². The maximum absolute atomic E-state index is 6.07. The summed E-state index contributed by atoms with van der Waals surface area (Å²) in [6, 6.07) is 1.94. The van der Waals surface area contributed by atoms with Gasteiger partial charge in [0.15, 0.2) is 5.96 Å². The van der Waals surface area contributed by atoms with E-state index in [-0.39, 0.29) is 24.0 Å². The van der Waals surface area contributed by atoms with Crippen molar-refractivity contribution in [3.63, 3.8) is 0 Å². The number of halogens is 1. The van der Waals surface area contributed by atoms with Gasteiger partial charge in [0.25, 0.3) is 0 Å². The van der Waals surface area contributed by atoms with Crippen LogP contribution >= 0.6 is 24.0 Å². The van der Waals surface area contributed by atoms with Crippen molar-refractivity contribution in [2.24, 2.45) is 22.6 Å². The summed E-state index contributed by atoms with van der Waals surface area (Å²) < 4.78 is 1.94. The van der Waals surface area contributed by atoms with Crippen molar-refractivity contribution >= 4 is 29.9 Å². The lowest BCUT2D eigenvalue weighted by Gasteiger charge is -2.31. The Balaban J connectivity index is 0.00000200. The largest absolute Gasteiger partial charge is 0.370 e. The van der Waals surface area contributed by atoms with Gasteiger partial charge < -0.3 is 10.6 Å². The smallest absolute Gasteiger partial charge is 0.191 e. The fourth-order valence-electron chi connectivity index (χ4n) is 2.37. The van der Waals surface area contributed by atoms with E-state index < -0.39 is 0 Å². The van der Waals surface area contributed by atoms with Crippen LogP contribution in [0.4, 0.5) is 0 Å². The molecule has 1 aromatic heterocycles. The van der Waals surface area contributed by atoms with E-state index >= 15 is 0 Å². The molecule has 6 heteroatoms. The molecule has 0 aromatic carbocycles. The molecule has 1 fully saturated rings. The van der Waals surface area contributed by atoms with Crippen LogP contribution in [0.25, 0.3) is 0 Å². The molecule has 1 atom stereocenters. The Bertz CT molecular complexity index is 396. The van der Waals surface area contributed by atoms with Crippen LogP contribution in [0, 0.1) is 11.8 Å². The van der Waals surface area contributed by atoms with Crippen LogP contribution in [-0.2, 0) is 6.54 Å². The molecule has 0 amide bonds. The van der Waals surface area contributed by atoms with Crippen molar-refractivity contribution in [1.29, 1.82) is 0 Å². The quantitative estimate of drug-likeness (QED) is 0.486. The van der Waals surface area contributed by atoms with Gasteiger partial charge in [-0.2, -0.15) is 5.10 Å². The highest BCUT2D eigenvalue weighted by Crippen LogP contribution is 2.15. The highest BCUT2D eigenvalue weighted by molar-refractivity contribution is 14.0. The number of nitrogens with two attached hydrogens (primary N) is 1. The van der Waals surface area contributed by atoms with Gasteiger partial charge in [-0.15, -0.1) is 24.0 Å². The molecular formula is C14H26IN5. The summed E-state index contributed by atoms with van der Waals surface area (Å²) in [6.45, 7) is 8.22. The highest BCUT2D eigenvalue weighted by atomic mass is 127. The van der Waals surface area contributed by atoms with Crippen LogP contribution in [0.2, 0.25) is 0 Å². The molecular weight excluding hydrogens is 365 g/mol. The summed E-state index contributed by atoms with van der Waals surface area (Å²) in [5.41, 5.74) is 6.07. The minimum atomic E-state index is 0. The molecule has 2 N–H and O–H groups in total. The van der Waals surface area contributed by atoms with Crippen LogP contribution < -0.4 is 5.73 Å². The van der Waals surface area contributed by atoms with Crippen molar-refractivity contribution < 1.29 is 0 Å². The number of piperidine rings is 1. The van der Waals surface area contributed by atoms with Crippen molar-refractivity contribution in [1.82, 2.24) is 14.7 Å². The first-order valence-electron chi connectivity index (χ1n) is 7.17. The molecule has 1 unspecified atom stereocenters. The van der Waals surface area contributed by atoms with Gasteiger partial charge in [0, 0.05) is 38.6 Å². The van der Waals surface area contributed by atoms with Crippen LogP contribution in [-0.4, -0.2) is 40.3 Å². The number of aliphatic imine (C=N–C) groups is 1. The normalized spacial score (nSPS) is 18.7. The Kier molecular flexibility index (Phi) is 7.32. The predicted molar refractivity (Wildman–Crippen MR) is 93.3 cm³/mol. The Morgan fingerprint density at radius 2 is 2.15 bits per heavy atom. The van der Waals surface area contributed by atoms with E-state index in [1.165, 1.54) is 12.8 Å². The maximum atomic E-state index is 6.07. The van der Waals surface area contributed by atoms with Crippen LogP contribution in [0.5, 0.6) is 0 Å². The molecule has 0 saturated carbocycles. The summed E-state index contributed by atoms with van der Waals surface area (Å²) in [5.74, 6) is 1.98. The molecule has 1 aliphatic heterocycles. The second-order valence-corrected chi connectivity index (χ2v) is 5.70. The number of nitrogens with zero attached hydrogens (tertiary/aromatic N) is 4. The molecule has 1 saturated heterocycles. The van der Waals surface area contributed by atoms with Gasteiger partial charge in [0.1, 0.15) is 0 Å². The molecule has 20 heavy (non-hydrogen) atoms. The topological polar surface area (TPSA) is 59.4 Å². The predicted octanol–water partition coefficient (Wildman–Crippen LogP) is 2.18. The van der Waals surface area contributed by atoms with Gasteiger partial charge >= 0.3 is 0 Å². The first-order valence-corrected chi connectivity index (χ1v) is 7.17. The van der Waals surface area contributed by atoms with E-state index in [0.29, 0.717) is 11.9 Å². The average molecular weight is 391 g/mol. The van der Waals surface area contributed by atoms with Gasteiger partial charge in [0.05, 0.1) is 0 Å². The van der Waals surface area contributed by atoms with E-state index in [9.17, 15) is 0 Å². The second kappa shape index (κ2) is 8.49. The lowest BCUT2D eigenvalue weighted by atomic mass is 10.00. The third kappa shape index (κ3) is 5.30. The zero-order valence-electron chi connectivity index (χ0n) is 12.4. The molecule has 2 heterocycles. The SMILES string of the molecule is CC1CCN(C(N)=NCC(C)Cn2cccn2)CC1.I. The third-order valence-corrected chi connectivity index (χ3v) is 3.73. The highest BCUT2D eigenvalue weighted by Gasteiger charge is 2.17. The third-order valence-electron chi connectivity index (χ3n) is 3.73. The van der Waals surface area contributed by atoms with Crippen molar-refractivity contribution in [3.05, 3.63) is 18.5 Å². The number of guanidine groups is 1. The molecule has 1 aliphatic rings. The molecule has 1 aromatic rings. The number of hydrogen-bond donors (Lipinski definition) is 1. The number of rotatable bonds is 4.